The fourth-order valence-electron chi connectivity index (χ4n) is 1.86. The second kappa shape index (κ2) is 11.3. The molecule has 0 atom stereocenters. The Kier molecular flexibility index (Phi) is 10.8. The molecule has 0 saturated heterocycles. The monoisotopic (exact) mass is 357 g/mol. The topological polar surface area (TPSA) is 77.9 Å². The van der Waals surface area contributed by atoms with Gasteiger partial charge in [0.15, 0.2) is 5.11 Å². The summed E-state index contributed by atoms with van der Waals surface area (Å²) in [6.45, 7) is 11.9. The van der Waals surface area contributed by atoms with Crippen LogP contribution in [0.2, 0.25) is 0 Å². The lowest BCUT2D eigenvalue weighted by Crippen LogP contribution is -2.52. The molecule has 0 saturated carbocycles. The van der Waals surface area contributed by atoms with Gasteiger partial charge in [-0.1, -0.05) is 39.0 Å². The molecule has 6 nitrogen and oxygen atoms in total. The number of rotatable bonds is 9. The fraction of sp³-hybridized carbons (Fsp3) is 0.882. The maximum atomic E-state index is 11.8. The lowest BCUT2D eigenvalue weighted by Gasteiger charge is -2.24. The first kappa shape index (κ1) is 22.8. The number of azo groups is 1. The molecule has 0 aromatic rings. The van der Waals surface area contributed by atoms with Gasteiger partial charge in [0.1, 0.15) is 5.66 Å². The minimum Gasteiger partial charge on any atom is -0.336 e. The van der Waals surface area contributed by atoms with E-state index in [1.807, 2.05) is 34.6 Å². The van der Waals surface area contributed by atoms with Crippen LogP contribution in [0.1, 0.15) is 86.5 Å². The van der Waals surface area contributed by atoms with Gasteiger partial charge in [0, 0.05) is 6.42 Å². The van der Waals surface area contributed by atoms with Crippen LogP contribution in [-0.2, 0) is 4.79 Å². The van der Waals surface area contributed by atoms with Gasteiger partial charge < -0.3 is 5.32 Å². The van der Waals surface area contributed by atoms with Crippen LogP contribution in [-0.4, -0.2) is 22.2 Å². The molecule has 0 spiro atoms. The number of unbranched alkanes of at least 4 members (excludes halogenated alkanes) is 5. The van der Waals surface area contributed by atoms with Crippen LogP contribution in [0.5, 0.6) is 0 Å². The van der Waals surface area contributed by atoms with Crippen LogP contribution in [0.25, 0.3) is 0 Å². The second-order valence-corrected chi connectivity index (χ2v) is 7.98. The van der Waals surface area contributed by atoms with Crippen LogP contribution < -0.4 is 16.2 Å². The molecule has 0 bridgehead atoms. The molecule has 0 aliphatic rings. The number of nitrogens with one attached hydrogen (secondary N) is 3. The molecule has 0 heterocycles. The van der Waals surface area contributed by atoms with E-state index in [4.69, 9.17) is 12.2 Å². The van der Waals surface area contributed by atoms with E-state index in [0.29, 0.717) is 11.5 Å². The highest BCUT2D eigenvalue weighted by Crippen LogP contribution is 2.12. The Hall–Kier alpha value is -1.24. The molecule has 24 heavy (non-hydrogen) atoms. The van der Waals surface area contributed by atoms with Crippen molar-refractivity contribution in [3.63, 3.8) is 0 Å². The number of amides is 1. The zero-order valence-electron chi connectivity index (χ0n) is 16.2. The third-order valence-corrected chi connectivity index (χ3v) is 3.30. The molecule has 3 N–H and O–H groups in total. The summed E-state index contributed by atoms with van der Waals surface area (Å²) in [6.07, 6.45) is 7.47. The van der Waals surface area contributed by atoms with Gasteiger partial charge in [-0.2, -0.15) is 10.2 Å². The van der Waals surface area contributed by atoms with E-state index in [1.165, 1.54) is 25.7 Å². The number of carbonyl (C=O) groups excluding carboxylic acids is 1. The van der Waals surface area contributed by atoms with Gasteiger partial charge in [-0.15, -0.1) is 0 Å². The van der Waals surface area contributed by atoms with E-state index in [-0.39, 0.29) is 11.4 Å². The zero-order chi connectivity index (χ0) is 18.6. The van der Waals surface area contributed by atoms with Crippen LogP contribution in [0.15, 0.2) is 10.2 Å². The maximum absolute atomic E-state index is 11.8. The molecule has 0 unspecified atom stereocenters. The quantitative estimate of drug-likeness (QED) is 0.250. The van der Waals surface area contributed by atoms with Gasteiger partial charge in [0.2, 0.25) is 5.91 Å². The Morgan fingerprint density at radius 2 is 1.50 bits per heavy atom. The van der Waals surface area contributed by atoms with Crippen LogP contribution in [0, 0.1) is 0 Å². The highest BCUT2D eigenvalue weighted by atomic mass is 32.1. The molecular weight excluding hydrogens is 322 g/mol. The first-order valence-electron chi connectivity index (χ1n) is 8.87. The van der Waals surface area contributed by atoms with E-state index in [2.05, 4.69) is 33.3 Å². The van der Waals surface area contributed by atoms with E-state index >= 15 is 0 Å². The number of nitrogens with zero attached hydrogens (tertiary/aromatic N) is 2. The number of hydrogen-bond acceptors (Lipinski definition) is 4. The van der Waals surface area contributed by atoms with Crippen molar-refractivity contribution < 1.29 is 4.79 Å². The van der Waals surface area contributed by atoms with Crippen molar-refractivity contribution in [2.24, 2.45) is 10.2 Å². The summed E-state index contributed by atoms with van der Waals surface area (Å²) in [6, 6.07) is 0. The number of thiocarbonyl (C=S) groups is 1. The minimum atomic E-state index is -0.638. The predicted octanol–water partition coefficient (Wildman–Crippen LogP) is 4.22. The number of hydrogen-bond donors (Lipinski definition) is 3. The third kappa shape index (κ3) is 14.4. The summed E-state index contributed by atoms with van der Waals surface area (Å²) in [5, 5.41) is 11.8. The summed E-state index contributed by atoms with van der Waals surface area (Å²) < 4.78 is 0. The van der Waals surface area contributed by atoms with Crippen molar-refractivity contribution in [3.8, 4) is 0 Å². The maximum Gasteiger partial charge on any atom is 0.238 e. The molecule has 1 amide bonds. The normalized spacial score (nSPS) is 12.2. The largest absolute Gasteiger partial charge is 0.336 e. The highest BCUT2D eigenvalue weighted by Gasteiger charge is 2.19. The SMILES string of the molecule is CCCCCCCCC(=O)NNC(=S)NC(C)(C)N=NC(C)(C)C. The average molecular weight is 358 g/mol. The third-order valence-electron chi connectivity index (χ3n) is 3.09. The van der Waals surface area contributed by atoms with Crippen molar-refractivity contribution >= 4 is 23.2 Å². The lowest BCUT2D eigenvalue weighted by molar-refractivity contribution is -0.121. The molecule has 0 rings (SSSR count). The van der Waals surface area contributed by atoms with Crippen molar-refractivity contribution in [2.75, 3.05) is 0 Å². The Morgan fingerprint density at radius 1 is 0.917 bits per heavy atom. The first-order valence-corrected chi connectivity index (χ1v) is 9.27. The van der Waals surface area contributed by atoms with E-state index in [0.717, 1.165) is 12.8 Å². The summed E-state index contributed by atoms with van der Waals surface area (Å²) in [7, 11) is 0. The van der Waals surface area contributed by atoms with Crippen LogP contribution >= 0.6 is 12.2 Å². The molecule has 140 valence electrons. The summed E-state index contributed by atoms with van der Waals surface area (Å²) in [4.78, 5) is 11.8. The smallest absolute Gasteiger partial charge is 0.238 e. The van der Waals surface area contributed by atoms with Crippen molar-refractivity contribution in [3.05, 3.63) is 0 Å². The van der Waals surface area contributed by atoms with Gasteiger partial charge in [0.25, 0.3) is 0 Å². The standard InChI is InChI=1S/C17H35N5OS/c1-7-8-9-10-11-12-13-14(23)19-20-15(24)18-17(5,6)22-21-16(2,3)4/h7-13H2,1-6H3,(H,19,23)(H2,18,20,24). The van der Waals surface area contributed by atoms with Crippen LogP contribution in [0.3, 0.4) is 0 Å². The molecule has 7 heteroatoms. The summed E-state index contributed by atoms with van der Waals surface area (Å²) in [5.74, 6) is -0.0521. The first-order chi connectivity index (χ1) is 11.1. The highest BCUT2D eigenvalue weighted by molar-refractivity contribution is 7.80. The lowest BCUT2D eigenvalue weighted by atomic mass is 10.1. The summed E-state index contributed by atoms with van der Waals surface area (Å²) >= 11 is 5.17. The fourth-order valence-corrected chi connectivity index (χ4v) is 2.16. The van der Waals surface area contributed by atoms with Crippen molar-refractivity contribution in [2.45, 2.75) is 97.7 Å². The van der Waals surface area contributed by atoms with E-state index in [1.54, 1.807) is 0 Å². The van der Waals surface area contributed by atoms with Crippen molar-refractivity contribution in [1.29, 1.82) is 0 Å². The van der Waals surface area contributed by atoms with Crippen molar-refractivity contribution in [1.82, 2.24) is 16.2 Å². The van der Waals surface area contributed by atoms with Crippen LogP contribution in [0.4, 0.5) is 0 Å². The molecule has 0 aromatic carbocycles. The molecule has 0 aliphatic carbocycles. The zero-order valence-corrected chi connectivity index (χ0v) is 17.0. The van der Waals surface area contributed by atoms with E-state index in [9.17, 15) is 4.79 Å². The van der Waals surface area contributed by atoms with Gasteiger partial charge >= 0.3 is 0 Å². The van der Waals surface area contributed by atoms with E-state index < -0.39 is 5.66 Å². The Morgan fingerprint density at radius 3 is 2.08 bits per heavy atom. The Labute approximate surface area is 152 Å². The Balaban J connectivity index is 3.95. The molecule has 0 aromatic heterocycles. The molecular formula is C17H35N5OS. The van der Waals surface area contributed by atoms with Gasteiger partial charge in [0.05, 0.1) is 5.54 Å². The minimum absolute atomic E-state index is 0.0521. The van der Waals surface area contributed by atoms with Gasteiger partial charge in [-0.25, -0.2) is 0 Å². The van der Waals surface area contributed by atoms with Gasteiger partial charge in [-0.3, -0.25) is 15.6 Å². The predicted molar refractivity (Wildman–Crippen MR) is 104 cm³/mol. The number of carbonyl (C=O) groups is 1. The number of hydrazine groups is 1. The molecule has 0 aliphatic heterocycles. The average Bonchev–Trinajstić information content (AvgIpc) is 2.46. The Bertz CT molecular complexity index is 416. The van der Waals surface area contributed by atoms with Gasteiger partial charge in [-0.05, 0) is 53.3 Å². The second-order valence-electron chi connectivity index (χ2n) is 7.57. The molecule has 0 radical (unpaired) electrons. The summed E-state index contributed by atoms with van der Waals surface area (Å²) in [5.41, 5.74) is 4.46. The molecule has 0 fully saturated rings.